The van der Waals surface area contributed by atoms with Gasteiger partial charge in [-0.25, -0.2) is 14.6 Å². The molecule has 1 N–H and O–H groups in total. The molecule has 1 saturated heterocycles. The Morgan fingerprint density at radius 3 is 2.69 bits per heavy atom. The molecule has 0 spiro atoms. The lowest BCUT2D eigenvalue weighted by molar-refractivity contribution is 0.0187. The van der Waals surface area contributed by atoms with Gasteiger partial charge >= 0.3 is 12.1 Å². The Morgan fingerprint density at radius 2 is 2.07 bits per heavy atom. The minimum absolute atomic E-state index is 0.108. The van der Waals surface area contributed by atoms with Crippen molar-refractivity contribution in [2.75, 3.05) is 13.2 Å². The van der Waals surface area contributed by atoms with E-state index in [9.17, 15) is 14.7 Å². The number of aromatic carboxylic acids is 1. The number of thiazole rings is 1. The molecule has 7 nitrogen and oxygen atoms in total. The van der Waals surface area contributed by atoms with Crippen molar-refractivity contribution < 1.29 is 24.2 Å². The largest absolute Gasteiger partial charge is 0.491 e. The van der Waals surface area contributed by atoms with Crippen LogP contribution in [-0.4, -0.2) is 51.8 Å². The summed E-state index contributed by atoms with van der Waals surface area (Å²) in [6.07, 6.45) is 3.11. The molecule has 3 rings (SSSR count). The third kappa shape index (κ3) is 5.47. The number of carboxylic acids is 1. The van der Waals surface area contributed by atoms with E-state index in [1.807, 2.05) is 27.7 Å². The number of aromatic nitrogens is 1. The molecule has 8 heteroatoms. The SMILES string of the molecule is Cc1cnc(-c2cc(OC[C@@H]3CCCN3C(=O)OC(C)(C)C)cc(C(=O)O)c2)s1. The van der Waals surface area contributed by atoms with Crippen LogP contribution < -0.4 is 4.74 Å². The Morgan fingerprint density at radius 1 is 1.31 bits per heavy atom. The molecule has 1 atom stereocenters. The van der Waals surface area contributed by atoms with Gasteiger partial charge < -0.3 is 19.5 Å². The number of aryl methyl sites for hydroxylation is 1. The van der Waals surface area contributed by atoms with Gasteiger partial charge in [-0.15, -0.1) is 11.3 Å². The number of nitrogens with zero attached hydrogens (tertiary/aromatic N) is 2. The summed E-state index contributed by atoms with van der Waals surface area (Å²) in [6.45, 7) is 8.37. The van der Waals surface area contributed by atoms with E-state index in [2.05, 4.69) is 4.98 Å². The van der Waals surface area contributed by atoms with E-state index in [1.54, 1.807) is 23.2 Å². The lowest BCUT2D eigenvalue weighted by atomic mass is 10.1. The van der Waals surface area contributed by atoms with Crippen molar-refractivity contribution in [1.82, 2.24) is 9.88 Å². The lowest BCUT2D eigenvalue weighted by Gasteiger charge is -2.28. The van der Waals surface area contributed by atoms with E-state index in [4.69, 9.17) is 9.47 Å². The summed E-state index contributed by atoms with van der Waals surface area (Å²) in [7, 11) is 0. The van der Waals surface area contributed by atoms with Crippen LogP contribution in [0.1, 0.15) is 48.8 Å². The lowest BCUT2D eigenvalue weighted by Crippen LogP contribution is -2.42. The summed E-state index contributed by atoms with van der Waals surface area (Å²) in [5, 5.41) is 10.2. The van der Waals surface area contributed by atoms with Crippen LogP contribution in [0, 0.1) is 6.92 Å². The van der Waals surface area contributed by atoms with E-state index in [1.165, 1.54) is 17.4 Å². The highest BCUT2D eigenvalue weighted by Crippen LogP contribution is 2.30. The molecule has 2 heterocycles. The maximum atomic E-state index is 12.4. The summed E-state index contributed by atoms with van der Waals surface area (Å²) in [5.74, 6) is -0.579. The Bertz CT molecular complexity index is 903. The number of likely N-dealkylation sites (tertiary alicyclic amines) is 1. The average Bonchev–Trinajstić information content (AvgIpc) is 3.27. The number of hydrogen-bond donors (Lipinski definition) is 1. The number of amides is 1. The minimum Gasteiger partial charge on any atom is -0.491 e. The molecule has 156 valence electrons. The maximum absolute atomic E-state index is 12.4. The van der Waals surface area contributed by atoms with Crippen LogP contribution in [0.15, 0.2) is 24.4 Å². The normalized spacial score (nSPS) is 16.7. The summed E-state index contributed by atoms with van der Waals surface area (Å²) in [6, 6.07) is 4.77. The maximum Gasteiger partial charge on any atom is 0.410 e. The van der Waals surface area contributed by atoms with Crippen molar-refractivity contribution in [2.24, 2.45) is 0 Å². The van der Waals surface area contributed by atoms with Gasteiger partial charge in [0.15, 0.2) is 0 Å². The average molecular weight is 419 g/mol. The number of ether oxygens (including phenoxy) is 2. The highest BCUT2D eigenvalue weighted by molar-refractivity contribution is 7.14. The number of benzene rings is 1. The third-order valence-electron chi connectivity index (χ3n) is 4.47. The van der Waals surface area contributed by atoms with Crippen LogP contribution in [0.5, 0.6) is 5.75 Å². The van der Waals surface area contributed by atoms with Gasteiger partial charge in [0.25, 0.3) is 0 Å². The van der Waals surface area contributed by atoms with Gasteiger partial charge in [0.1, 0.15) is 23.0 Å². The van der Waals surface area contributed by atoms with Crippen LogP contribution in [0.2, 0.25) is 0 Å². The number of carbonyl (C=O) groups excluding carboxylic acids is 1. The molecule has 1 aromatic heterocycles. The van der Waals surface area contributed by atoms with Gasteiger partial charge in [0, 0.05) is 23.2 Å². The molecule has 29 heavy (non-hydrogen) atoms. The quantitative estimate of drug-likeness (QED) is 0.764. The van der Waals surface area contributed by atoms with E-state index in [0.717, 1.165) is 22.7 Å². The van der Waals surface area contributed by atoms with Crippen LogP contribution in [0.3, 0.4) is 0 Å². The topological polar surface area (TPSA) is 89.0 Å². The van der Waals surface area contributed by atoms with E-state index >= 15 is 0 Å². The first kappa shape index (κ1) is 21.1. The summed E-state index contributed by atoms with van der Waals surface area (Å²) in [4.78, 5) is 31.0. The number of carbonyl (C=O) groups is 2. The van der Waals surface area contributed by atoms with Crippen molar-refractivity contribution in [3.63, 3.8) is 0 Å². The van der Waals surface area contributed by atoms with Crippen LogP contribution in [-0.2, 0) is 4.74 Å². The smallest absolute Gasteiger partial charge is 0.410 e. The van der Waals surface area contributed by atoms with Gasteiger partial charge in [0.2, 0.25) is 0 Å². The van der Waals surface area contributed by atoms with Crippen molar-refractivity contribution >= 4 is 23.4 Å². The van der Waals surface area contributed by atoms with Gasteiger partial charge in [0.05, 0.1) is 11.6 Å². The molecule has 1 amide bonds. The second kappa shape index (κ2) is 8.41. The summed E-state index contributed by atoms with van der Waals surface area (Å²) >= 11 is 1.49. The molecule has 1 aromatic carbocycles. The molecule has 1 aliphatic heterocycles. The highest BCUT2D eigenvalue weighted by atomic mass is 32.1. The fraction of sp³-hybridized carbons (Fsp3) is 0.476. The third-order valence-corrected chi connectivity index (χ3v) is 5.43. The van der Waals surface area contributed by atoms with Crippen molar-refractivity contribution in [2.45, 2.75) is 52.2 Å². The fourth-order valence-electron chi connectivity index (χ4n) is 3.18. The monoisotopic (exact) mass is 418 g/mol. The van der Waals surface area contributed by atoms with Crippen LogP contribution in [0.25, 0.3) is 10.6 Å². The second-order valence-corrected chi connectivity index (χ2v) is 9.34. The highest BCUT2D eigenvalue weighted by Gasteiger charge is 2.32. The molecule has 0 aliphatic carbocycles. The predicted octanol–water partition coefficient (Wildman–Crippen LogP) is 4.60. The molecular formula is C21H26N2O5S. The van der Waals surface area contributed by atoms with E-state index < -0.39 is 11.6 Å². The Hall–Kier alpha value is -2.61. The molecular weight excluding hydrogens is 392 g/mol. The van der Waals surface area contributed by atoms with Crippen molar-refractivity contribution in [3.8, 4) is 16.3 Å². The van der Waals surface area contributed by atoms with Gasteiger partial charge in [-0.2, -0.15) is 0 Å². The molecule has 0 bridgehead atoms. The van der Waals surface area contributed by atoms with Crippen LogP contribution in [0.4, 0.5) is 4.79 Å². The van der Waals surface area contributed by atoms with Crippen LogP contribution >= 0.6 is 11.3 Å². The summed E-state index contributed by atoms with van der Waals surface area (Å²) in [5.41, 5.74) is 0.288. The summed E-state index contributed by atoms with van der Waals surface area (Å²) < 4.78 is 11.4. The standard InChI is InChI=1S/C21H26N2O5S/c1-13-11-22-18(29-13)14-8-15(19(24)25)10-17(9-14)27-12-16-6-5-7-23(16)20(26)28-21(2,3)4/h8-11,16H,5-7,12H2,1-4H3,(H,24,25)/t16-/m0/s1. The number of rotatable bonds is 5. The first-order chi connectivity index (χ1) is 13.6. The zero-order valence-corrected chi connectivity index (χ0v) is 17.9. The zero-order valence-electron chi connectivity index (χ0n) is 17.1. The zero-order chi connectivity index (χ0) is 21.2. The van der Waals surface area contributed by atoms with E-state index in [-0.39, 0.29) is 24.3 Å². The fourth-order valence-corrected chi connectivity index (χ4v) is 3.93. The molecule has 1 aliphatic rings. The minimum atomic E-state index is -1.03. The first-order valence-corrected chi connectivity index (χ1v) is 10.4. The Kier molecular flexibility index (Phi) is 6.12. The van der Waals surface area contributed by atoms with Gasteiger partial charge in [-0.3, -0.25) is 0 Å². The predicted molar refractivity (Wildman–Crippen MR) is 111 cm³/mol. The Balaban J connectivity index is 1.75. The molecule has 0 saturated carbocycles. The van der Waals surface area contributed by atoms with Crippen molar-refractivity contribution in [1.29, 1.82) is 0 Å². The van der Waals surface area contributed by atoms with Gasteiger partial charge in [-0.1, -0.05) is 0 Å². The number of hydrogen-bond acceptors (Lipinski definition) is 6. The Labute approximate surface area is 174 Å². The second-order valence-electron chi connectivity index (χ2n) is 8.11. The molecule has 1 fully saturated rings. The number of carboxylic acid groups (broad SMARTS) is 1. The van der Waals surface area contributed by atoms with E-state index in [0.29, 0.717) is 17.9 Å². The molecule has 0 radical (unpaired) electrons. The van der Waals surface area contributed by atoms with Crippen molar-refractivity contribution in [3.05, 3.63) is 34.8 Å². The first-order valence-electron chi connectivity index (χ1n) is 9.56. The van der Waals surface area contributed by atoms with Gasteiger partial charge in [-0.05, 0) is 58.7 Å². The molecule has 2 aromatic rings. The molecule has 0 unspecified atom stereocenters.